The van der Waals surface area contributed by atoms with Gasteiger partial charge < -0.3 is 10.0 Å². The molecule has 0 spiro atoms. The van der Waals surface area contributed by atoms with Crippen molar-refractivity contribution in [2.75, 3.05) is 22.7 Å². The Morgan fingerprint density at radius 2 is 1.96 bits per heavy atom. The summed E-state index contributed by atoms with van der Waals surface area (Å²) in [6.07, 6.45) is 3.08. The van der Waals surface area contributed by atoms with Crippen LogP contribution in [0.2, 0.25) is 0 Å². The van der Waals surface area contributed by atoms with Crippen molar-refractivity contribution in [3.8, 4) is 0 Å². The fourth-order valence-corrected chi connectivity index (χ4v) is 4.20. The lowest BCUT2D eigenvalue weighted by Gasteiger charge is -2.21. The number of carboxylic acids is 1. The number of nitrogens with zero attached hydrogens (tertiary/aromatic N) is 2. The first-order valence-corrected chi connectivity index (χ1v) is 9.53. The maximum absolute atomic E-state index is 13.5. The molecule has 3 rings (SSSR count). The van der Waals surface area contributed by atoms with E-state index < -0.39 is 21.8 Å². The Morgan fingerprint density at radius 3 is 2.62 bits per heavy atom. The van der Waals surface area contributed by atoms with Gasteiger partial charge in [0.2, 0.25) is 0 Å². The summed E-state index contributed by atoms with van der Waals surface area (Å²) < 4.78 is 41.4. The highest BCUT2D eigenvalue weighted by molar-refractivity contribution is 7.92. The van der Waals surface area contributed by atoms with Crippen molar-refractivity contribution in [3.05, 3.63) is 47.4 Å². The summed E-state index contributed by atoms with van der Waals surface area (Å²) in [5.41, 5.74) is 0.307. The average Bonchev–Trinajstić information content (AvgIpc) is 3.10. The molecule has 2 aromatic rings. The number of halogens is 1. The number of aromatic nitrogens is 1. The van der Waals surface area contributed by atoms with Gasteiger partial charge in [0.1, 0.15) is 5.82 Å². The molecule has 1 fully saturated rings. The molecule has 138 valence electrons. The van der Waals surface area contributed by atoms with Crippen molar-refractivity contribution in [3.63, 3.8) is 0 Å². The van der Waals surface area contributed by atoms with E-state index in [1.54, 1.807) is 6.92 Å². The summed E-state index contributed by atoms with van der Waals surface area (Å²) in [5, 5.41) is 9.18. The number of pyridine rings is 1. The molecule has 0 saturated carbocycles. The predicted octanol–water partition coefficient (Wildman–Crippen LogP) is 2.63. The zero-order valence-electron chi connectivity index (χ0n) is 14.1. The summed E-state index contributed by atoms with van der Waals surface area (Å²) in [7, 11) is -4.11. The third kappa shape index (κ3) is 3.62. The molecule has 1 aliphatic rings. The summed E-state index contributed by atoms with van der Waals surface area (Å²) in [6.45, 7) is 2.96. The molecule has 1 aromatic carbocycles. The number of sulfonamides is 1. The molecule has 1 saturated heterocycles. The van der Waals surface area contributed by atoms with Gasteiger partial charge in [-0.05, 0) is 43.5 Å². The number of aryl methyl sites for hydroxylation is 1. The minimum Gasteiger partial charge on any atom is -0.478 e. The van der Waals surface area contributed by atoms with Gasteiger partial charge in [0, 0.05) is 19.3 Å². The van der Waals surface area contributed by atoms with E-state index in [1.165, 1.54) is 24.4 Å². The highest BCUT2D eigenvalue weighted by Gasteiger charge is 2.24. The van der Waals surface area contributed by atoms with Crippen molar-refractivity contribution in [2.24, 2.45) is 0 Å². The molecule has 2 N–H and O–H groups in total. The fourth-order valence-electron chi connectivity index (χ4n) is 2.89. The van der Waals surface area contributed by atoms with Crippen LogP contribution in [0.5, 0.6) is 0 Å². The van der Waals surface area contributed by atoms with Crippen LogP contribution in [-0.2, 0) is 10.0 Å². The third-order valence-electron chi connectivity index (χ3n) is 4.20. The molecule has 0 atom stereocenters. The topological polar surface area (TPSA) is 99.6 Å². The van der Waals surface area contributed by atoms with Crippen LogP contribution in [0.4, 0.5) is 15.9 Å². The van der Waals surface area contributed by atoms with Crippen LogP contribution < -0.4 is 9.62 Å². The quantitative estimate of drug-likeness (QED) is 0.828. The van der Waals surface area contributed by atoms with Crippen molar-refractivity contribution >= 4 is 27.5 Å². The Labute approximate surface area is 150 Å². The van der Waals surface area contributed by atoms with Crippen LogP contribution in [0.1, 0.15) is 28.8 Å². The maximum Gasteiger partial charge on any atom is 0.337 e. The van der Waals surface area contributed by atoms with E-state index in [1.807, 2.05) is 4.90 Å². The van der Waals surface area contributed by atoms with E-state index in [0.29, 0.717) is 24.5 Å². The molecular formula is C17H18FN3O4S. The van der Waals surface area contributed by atoms with Gasteiger partial charge in [-0.25, -0.2) is 22.6 Å². The third-order valence-corrected chi connectivity index (χ3v) is 5.71. The number of hydrogen-bond acceptors (Lipinski definition) is 5. The second-order valence-corrected chi connectivity index (χ2v) is 7.76. The van der Waals surface area contributed by atoms with Gasteiger partial charge in [-0.2, -0.15) is 0 Å². The van der Waals surface area contributed by atoms with E-state index in [9.17, 15) is 22.7 Å². The van der Waals surface area contributed by atoms with E-state index in [4.69, 9.17) is 0 Å². The minimum atomic E-state index is -4.11. The monoisotopic (exact) mass is 379 g/mol. The van der Waals surface area contributed by atoms with Gasteiger partial charge in [0.15, 0.2) is 5.82 Å². The van der Waals surface area contributed by atoms with Crippen LogP contribution in [0.25, 0.3) is 0 Å². The number of benzene rings is 1. The fraction of sp³-hybridized carbons (Fsp3) is 0.294. The normalized spacial score (nSPS) is 14.5. The smallest absolute Gasteiger partial charge is 0.337 e. The van der Waals surface area contributed by atoms with E-state index in [-0.39, 0.29) is 16.1 Å². The lowest BCUT2D eigenvalue weighted by molar-refractivity contribution is 0.0696. The second-order valence-electron chi connectivity index (χ2n) is 6.11. The van der Waals surface area contributed by atoms with Crippen molar-refractivity contribution in [1.29, 1.82) is 0 Å². The number of aromatic carboxylic acids is 1. The molecule has 2 heterocycles. The number of hydrogen-bond donors (Lipinski definition) is 2. The van der Waals surface area contributed by atoms with Crippen molar-refractivity contribution < 1.29 is 22.7 Å². The van der Waals surface area contributed by atoms with E-state index in [0.717, 1.165) is 18.9 Å². The largest absolute Gasteiger partial charge is 0.478 e. The van der Waals surface area contributed by atoms with Crippen LogP contribution in [0, 0.1) is 12.7 Å². The Hall–Kier alpha value is -2.68. The number of nitrogens with one attached hydrogen (secondary N) is 1. The molecule has 1 aliphatic heterocycles. The van der Waals surface area contributed by atoms with Crippen LogP contribution in [0.3, 0.4) is 0 Å². The first-order chi connectivity index (χ1) is 12.3. The number of anilines is 2. The molecule has 1 aromatic heterocycles. The SMILES string of the molecule is Cc1ccc(F)cc1S(=O)(=O)Nc1cc(C(=O)O)cnc1N1CCCC1. The predicted molar refractivity (Wildman–Crippen MR) is 94.6 cm³/mol. The molecule has 9 heteroatoms. The summed E-state index contributed by atoms with van der Waals surface area (Å²) in [4.78, 5) is 17.1. The van der Waals surface area contributed by atoms with Gasteiger partial charge >= 0.3 is 5.97 Å². The summed E-state index contributed by atoms with van der Waals surface area (Å²) in [5.74, 6) is -1.52. The Bertz CT molecular complexity index is 956. The van der Waals surface area contributed by atoms with Gasteiger partial charge in [-0.15, -0.1) is 0 Å². The zero-order chi connectivity index (χ0) is 18.9. The van der Waals surface area contributed by atoms with Gasteiger partial charge in [-0.1, -0.05) is 6.07 Å². The van der Waals surface area contributed by atoms with E-state index in [2.05, 4.69) is 9.71 Å². The number of carboxylic acid groups (broad SMARTS) is 1. The maximum atomic E-state index is 13.5. The molecule has 0 unspecified atom stereocenters. The standard InChI is InChI=1S/C17H18FN3O4S/c1-11-4-5-13(18)9-15(11)26(24,25)20-14-8-12(17(22)23)10-19-16(14)21-6-2-3-7-21/h4-5,8-10,20H,2-3,6-7H2,1H3,(H,22,23). The van der Waals surface area contributed by atoms with Crippen LogP contribution >= 0.6 is 0 Å². The second kappa shape index (κ2) is 6.91. The number of carbonyl (C=O) groups is 1. The molecule has 0 bridgehead atoms. The Kier molecular flexibility index (Phi) is 4.82. The highest BCUT2D eigenvalue weighted by Crippen LogP contribution is 2.30. The Morgan fingerprint density at radius 1 is 1.27 bits per heavy atom. The Balaban J connectivity index is 2.05. The number of rotatable bonds is 5. The van der Waals surface area contributed by atoms with Gasteiger partial charge in [0.25, 0.3) is 10.0 Å². The van der Waals surface area contributed by atoms with Gasteiger partial charge in [0.05, 0.1) is 16.1 Å². The van der Waals surface area contributed by atoms with Crippen molar-refractivity contribution in [1.82, 2.24) is 4.98 Å². The van der Waals surface area contributed by atoms with E-state index >= 15 is 0 Å². The summed E-state index contributed by atoms with van der Waals surface area (Å²) >= 11 is 0. The first kappa shape index (κ1) is 18.1. The van der Waals surface area contributed by atoms with Crippen LogP contribution in [0.15, 0.2) is 35.4 Å². The molecular weight excluding hydrogens is 361 g/mol. The lowest BCUT2D eigenvalue weighted by Crippen LogP contribution is -2.23. The molecule has 26 heavy (non-hydrogen) atoms. The van der Waals surface area contributed by atoms with Crippen LogP contribution in [-0.4, -0.2) is 37.6 Å². The first-order valence-electron chi connectivity index (χ1n) is 8.05. The summed E-state index contributed by atoms with van der Waals surface area (Å²) in [6, 6.07) is 4.71. The van der Waals surface area contributed by atoms with Crippen molar-refractivity contribution in [2.45, 2.75) is 24.7 Å². The molecule has 0 aliphatic carbocycles. The average molecular weight is 379 g/mol. The van der Waals surface area contributed by atoms with Gasteiger partial charge in [-0.3, -0.25) is 4.72 Å². The molecule has 0 amide bonds. The highest BCUT2D eigenvalue weighted by atomic mass is 32.2. The lowest BCUT2D eigenvalue weighted by atomic mass is 10.2. The molecule has 0 radical (unpaired) electrons. The minimum absolute atomic E-state index is 0.0652. The zero-order valence-corrected chi connectivity index (χ0v) is 14.9. The molecule has 7 nitrogen and oxygen atoms in total.